The zero-order valence-electron chi connectivity index (χ0n) is 12.0. The van der Waals surface area contributed by atoms with E-state index in [2.05, 4.69) is 9.98 Å². The summed E-state index contributed by atoms with van der Waals surface area (Å²) < 4.78 is 0. The number of nitrogens with one attached hydrogen (secondary N) is 1. The third kappa shape index (κ3) is 2.92. The number of aliphatic imine (C=N–C) groups is 1. The summed E-state index contributed by atoms with van der Waals surface area (Å²) in [4.78, 5) is 22.2. The van der Waals surface area contributed by atoms with E-state index in [-0.39, 0.29) is 11.7 Å². The SMILES string of the molecule is CCN1C(=O)/C(=C/c2ccc[nH]2)SC1=Nc1cccc(O)c1. The Hall–Kier alpha value is -2.47. The number of thioether (sulfide) groups is 1. The van der Waals surface area contributed by atoms with Crippen molar-refractivity contribution in [3.63, 3.8) is 0 Å². The van der Waals surface area contributed by atoms with Gasteiger partial charge in [0.1, 0.15) is 5.75 Å². The van der Waals surface area contributed by atoms with Gasteiger partial charge < -0.3 is 10.1 Å². The highest BCUT2D eigenvalue weighted by atomic mass is 32.2. The minimum Gasteiger partial charge on any atom is -0.508 e. The number of phenolic OH excluding ortho intramolecular Hbond substituents is 1. The number of hydrogen-bond acceptors (Lipinski definition) is 4. The summed E-state index contributed by atoms with van der Waals surface area (Å²) in [7, 11) is 0. The Morgan fingerprint density at radius 3 is 2.91 bits per heavy atom. The minimum atomic E-state index is -0.0546. The number of phenols is 1. The van der Waals surface area contributed by atoms with E-state index in [9.17, 15) is 9.90 Å². The predicted molar refractivity (Wildman–Crippen MR) is 88.9 cm³/mol. The second-order valence-electron chi connectivity index (χ2n) is 4.70. The van der Waals surface area contributed by atoms with E-state index in [1.54, 1.807) is 29.2 Å². The number of rotatable bonds is 3. The third-order valence-corrected chi connectivity index (χ3v) is 4.17. The van der Waals surface area contributed by atoms with Crippen molar-refractivity contribution in [2.75, 3.05) is 6.54 Å². The zero-order valence-corrected chi connectivity index (χ0v) is 12.8. The molecule has 1 aromatic carbocycles. The van der Waals surface area contributed by atoms with Crippen LogP contribution in [-0.2, 0) is 4.79 Å². The average molecular weight is 313 g/mol. The predicted octanol–water partition coefficient (Wildman–Crippen LogP) is 3.34. The molecule has 0 saturated carbocycles. The molecule has 0 atom stereocenters. The molecule has 5 nitrogen and oxygen atoms in total. The van der Waals surface area contributed by atoms with E-state index >= 15 is 0 Å². The molecule has 2 aromatic rings. The van der Waals surface area contributed by atoms with E-state index in [1.807, 2.05) is 31.3 Å². The molecule has 1 aromatic heterocycles. The molecule has 3 rings (SSSR count). The number of aromatic nitrogens is 1. The van der Waals surface area contributed by atoms with Gasteiger partial charge in [0, 0.05) is 24.5 Å². The van der Waals surface area contributed by atoms with Crippen LogP contribution in [0.15, 0.2) is 52.5 Å². The van der Waals surface area contributed by atoms with Gasteiger partial charge in [0.05, 0.1) is 10.6 Å². The molecule has 1 saturated heterocycles. The second kappa shape index (κ2) is 6.11. The fraction of sp³-hybridized carbons (Fsp3) is 0.125. The maximum atomic E-state index is 12.4. The Morgan fingerprint density at radius 2 is 2.23 bits per heavy atom. The van der Waals surface area contributed by atoms with Crippen molar-refractivity contribution < 1.29 is 9.90 Å². The largest absolute Gasteiger partial charge is 0.508 e. The van der Waals surface area contributed by atoms with E-state index in [1.165, 1.54) is 11.8 Å². The number of carbonyl (C=O) groups is 1. The van der Waals surface area contributed by atoms with Crippen molar-refractivity contribution in [2.45, 2.75) is 6.92 Å². The van der Waals surface area contributed by atoms with Crippen LogP contribution in [-0.4, -0.2) is 32.6 Å². The highest BCUT2D eigenvalue weighted by Crippen LogP contribution is 2.34. The first-order valence-corrected chi connectivity index (χ1v) is 7.71. The van der Waals surface area contributed by atoms with Crippen LogP contribution in [0.5, 0.6) is 5.75 Å². The maximum Gasteiger partial charge on any atom is 0.266 e. The van der Waals surface area contributed by atoms with Gasteiger partial charge in [0.25, 0.3) is 5.91 Å². The molecule has 112 valence electrons. The summed E-state index contributed by atoms with van der Waals surface area (Å²) >= 11 is 1.34. The molecule has 1 fully saturated rings. The van der Waals surface area contributed by atoms with Gasteiger partial charge >= 0.3 is 0 Å². The fourth-order valence-electron chi connectivity index (χ4n) is 2.12. The quantitative estimate of drug-likeness (QED) is 0.854. The number of carbonyl (C=O) groups excluding carboxylic acids is 1. The molecular formula is C16H15N3O2S. The fourth-order valence-corrected chi connectivity index (χ4v) is 3.17. The van der Waals surface area contributed by atoms with Crippen LogP contribution in [0, 0.1) is 0 Å². The highest BCUT2D eigenvalue weighted by Gasteiger charge is 2.32. The van der Waals surface area contributed by atoms with Gasteiger partial charge in [0.2, 0.25) is 0 Å². The van der Waals surface area contributed by atoms with Crippen LogP contribution in [0.3, 0.4) is 0 Å². The smallest absolute Gasteiger partial charge is 0.266 e. The van der Waals surface area contributed by atoms with Crippen LogP contribution in [0.25, 0.3) is 6.08 Å². The molecule has 0 aliphatic carbocycles. The summed E-state index contributed by atoms with van der Waals surface area (Å²) in [5, 5.41) is 10.1. The lowest BCUT2D eigenvalue weighted by atomic mass is 10.3. The molecule has 1 amide bonds. The molecule has 6 heteroatoms. The number of likely N-dealkylation sites (N-methyl/N-ethyl adjacent to an activating group) is 1. The van der Waals surface area contributed by atoms with Gasteiger partial charge in [-0.15, -0.1) is 0 Å². The summed E-state index contributed by atoms with van der Waals surface area (Å²) in [5.74, 6) is 0.0994. The number of aromatic hydroxyl groups is 1. The normalized spacial score (nSPS) is 18.6. The summed E-state index contributed by atoms with van der Waals surface area (Å²) in [6, 6.07) is 10.5. The average Bonchev–Trinajstić information content (AvgIpc) is 3.09. The summed E-state index contributed by atoms with van der Waals surface area (Å²) in [6.45, 7) is 2.46. The Bertz CT molecular complexity index is 751. The van der Waals surface area contributed by atoms with Gasteiger partial charge in [-0.25, -0.2) is 4.99 Å². The van der Waals surface area contributed by atoms with Gasteiger partial charge in [-0.1, -0.05) is 6.07 Å². The number of amidine groups is 1. The van der Waals surface area contributed by atoms with Crippen molar-refractivity contribution >= 4 is 34.6 Å². The molecule has 2 heterocycles. The Balaban J connectivity index is 1.93. The zero-order chi connectivity index (χ0) is 15.5. The molecule has 2 N–H and O–H groups in total. The van der Waals surface area contributed by atoms with Gasteiger partial charge in [-0.05, 0) is 49.0 Å². The lowest BCUT2D eigenvalue weighted by Gasteiger charge is -2.11. The summed E-state index contributed by atoms with van der Waals surface area (Å²) in [6.07, 6.45) is 3.64. The van der Waals surface area contributed by atoms with Crippen molar-refractivity contribution in [2.24, 2.45) is 4.99 Å². The monoisotopic (exact) mass is 313 g/mol. The van der Waals surface area contributed by atoms with E-state index in [0.29, 0.717) is 22.3 Å². The second-order valence-corrected chi connectivity index (χ2v) is 5.71. The minimum absolute atomic E-state index is 0.0546. The van der Waals surface area contributed by atoms with Crippen LogP contribution in [0.2, 0.25) is 0 Å². The molecule has 1 aliphatic rings. The molecule has 0 radical (unpaired) electrons. The third-order valence-electron chi connectivity index (χ3n) is 3.17. The van der Waals surface area contributed by atoms with Crippen LogP contribution in [0.4, 0.5) is 5.69 Å². The van der Waals surface area contributed by atoms with E-state index in [4.69, 9.17) is 0 Å². The van der Waals surface area contributed by atoms with Crippen LogP contribution in [0.1, 0.15) is 12.6 Å². The number of H-pyrrole nitrogens is 1. The molecule has 1 aliphatic heterocycles. The van der Waals surface area contributed by atoms with Gasteiger partial charge in [-0.3, -0.25) is 9.69 Å². The molecule has 0 bridgehead atoms. The number of amides is 1. The van der Waals surface area contributed by atoms with E-state index in [0.717, 1.165) is 5.69 Å². The first-order valence-electron chi connectivity index (χ1n) is 6.90. The van der Waals surface area contributed by atoms with Crippen molar-refractivity contribution in [3.05, 3.63) is 53.2 Å². The maximum absolute atomic E-state index is 12.4. The first kappa shape index (κ1) is 14.5. The number of nitrogens with zero attached hydrogens (tertiary/aromatic N) is 2. The van der Waals surface area contributed by atoms with Crippen LogP contribution >= 0.6 is 11.8 Å². The summed E-state index contributed by atoms with van der Waals surface area (Å²) in [5.41, 5.74) is 1.50. The van der Waals surface area contributed by atoms with Crippen molar-refractivity contribution in [1.82, 2.24) is 9.88 Å². The standard InChI is InChI=1S/C16H15N3O2S/c1-2-19-15(21)14(10-11-6-4-8-17-11)22-16(19)18-12-5-3-7-13(20)9-12/h3-10,17,20H,2H2,1H3/b14-10-,18-16?. The van der Waals surface area contributed by atoms with Crippen LogP contribution < -0.4 is 0 Å². The van der Waals surface area contributed by atoms with Crippen molar-refractivity contribution in [1.29, 1.82) is 0 Å². The first-order chi connectivity index (χ1) is 10.7. The number of hydrogen-bond donors (Lipinski definition) is 2. The highest BCUT2D eigenvalue weighted by molar-refractivity contribution is 8.18. The number of benzene rings is 1. The Labute approximate surface area is 132 Å². The topological polar surface area (TPSA) is 68.7 Å². The Morgan fingerprint density at radius 1 is 1.36 bits per heavy atom. The molecule has 22 heavy (non-hydrogen) atoms. The lowest BCUT2D eigenvalue weighted by Crippen LogP contribution is -2.28. The van der Waals surface area contributed by atoms with E-state index < -0.39 is 0 Å². The van der Waals surface area contributed by atoms with Crippen molar-refractivity contribution in [3.8, 4) is 5.75 Å². The molecule has 0 spiro atoms. The lowest BCUT2D eigenvalue weighted by molar-refractivity contribution is -0.122. The van der Waals surface area contributed by atoms with Gasteiger partial charge in [0.15, 0.2) is 5.17 Å². The Kier molecular flexibility index (Phi) is 4.02. The van der Waals surface area contributed by atoms with Gasteiger partial charge in [-0.2, -0.15) is 0 Å². The number of aromatic amines is 1. The molecule has 0 unspecified atom stereocenters. The molecular weight excluding hydrogens is 298 g/mol.